The third-order valence-corrected chi connectivity index (χ3v) is 6.76. The first-order valence-electron chi connectivity index (χ1n) is 10.2. The zero-order valence-electron chi connectivity index (χ0n) is 18.2. The zero-order valence-corrected chi connectivity index (χ0v) is 20.5. The highest BCUT2D eigenvalue weighted by Crippen LogP contribution is 2.29. The molecule has 0 aliphatic heterocycles. The van der Waals surface area contributed by atoms with Crippen LogP contribution in [0.25, 0.3) is 0 Å². The molecule has 0 aliphatic rings. The minimum atomic E-state index is -4.04. The second-order valence-corrected chi connectivity index (χ2v) is 10.3. The molecule has 0 saturated heterocycles. The number of carbonyl (C=O) groups is 1. The third kappa shape index (κ3) is 6.87. The lowest BCUT2D eigenvalue weighted by Crippen LogP contribution is -2.40. The third-order valence-electron chi connectivity index (χ3n) is 4.54. The Morgan fingerprint density at radius 2 is 1.58 bits per heavy atom. The van der Waals surface area contributed by atoms with Gasteiger partial charge in [-0.25, -0.2) is 8.42 Å². The molecule has 0 unspecified atom stereocenters. The first-order valence-corrected chi connectivity index (χ1v) is 12.4. The number of amides is 1. The van der Waals surface area contributed by atoms with Crippen LogP contribution >= 0.6 is 23.2 Å². The smallest absolute Gasteiger partial charge is 0.264 e. The molecular weight excluding hydrogens is 483 g/mol. The van der Waals surface area contributed by atoms with Crippen molar-refractivity contribution >= 4 is 44.8 Å². The van der Waals surface area contributed by atoms with Crippen molar-refractivity contribution in [2.24, 2.45) is 0 Å². The molecule has 0 atom stereocenters. The fraction of sp³-hybridized carbons (Fsp3) is 0.208. The number of hydrogen-bond acceptors (Lipinski definition) is 4. The normalized spacial score (nSPS) is 11.3. The molecule has 6 nitrogen and oxygen atoms in total. The highest BCUT2D eigenvalue weighted by molar-refractivity contribution is 7.92. The van der Waals surface area contributed by atoms with Gasteiger partial charge < -0.3 is 10.1 Å². The lowest BCUT2D eigenvalue weighted by atomic mass is 10.2. The Balaban J connectivity index is 1.79. The Morgan fingerprint density at radius 3 is 2.15 bits per heavy atom. The molecule has 174 valence electrons. The van der Waals surface area contributed by atoms with Crippen LogP contribution in [0.1, 0.15) is 19.4 Å². The van der Waals surface area contributed by atoms with E-state index in [0.29, 0.717) is 0 Å². The van der Waals surface area contributed by atoms with Gasteiger partial charge >= 0.3 is 0 Å². The summed E-state index contributed by atoms with van der Waals surface area (Å²) in [6.07, 6.45) is 0.0630. The molecule has 3 rings (SSSR count). The predicted molar refractivity (Wildman–Crippen MR) is 131 cm³/mol. The van der Waals surface area contributed by atoms with Gasteiger partial charge in [-0.2, -0.15) is 0 Å². The fourth-order valence-corrected chi connectivity index (χ4v) is 5.00. The topological polar surface area (TPSA) is 75.7 Å². The molecule has 9 heteroatoms. The van der Waals surface area contributed by atoms with E-state index in [2.05, 4.69) is 5.32 Å². The fourth-order valence-electron chi connectivity index (χ4n) is 3.06. The van der Waals surface area contributed by atoms with E-state index in [0.717, 1.165) is 15.6 Å². The van der Waals surface area contributed by atoms with Gasteiger partial charge in [0.1, 0.15) is 12.3 Å². The molecule has 0 fully saturated rings. The van der Waals surface area contributed by atoms with Crippen molar-refractivity contribution in [2.45, 2.75) is 31.4 Å². The Hall–Kier alpha value is -2.74. The van der Waals surface area contributed by atoms with Crippen molar-refractivity contribution in [1.29, 1.82) is 0 Å². The average Bonchev–Trinajstić information content (AvgIpc) is 2.76. The van der Waals surface area contributed by atoms with E-state index in [9.17, 15) is 13.2 Å². The Morgan fingerprint density at radius 1 is 0.970 bits per heavy atom. The van der Waals surface area contributed by atoms with Gasteiger partial charge in [-0.05, 0) is 61.9 Å². The van der Waals surface area contributed by atoms with Gasteiger partial charge in [0.2, 0.25) is 5.91 Å². The molecule has 0 heterocycles. The van der Waals surface area contributed by atoms with Gasteiger partial charge in [-0.3, -0.25) is 9.10 Å². The van der Waals surface area contributed by atoms with Crippen LogP contribution in [0.15, 0.2) is 77.7 Å². The summed E-state index contributed by atoms with van der Waals surface area (Å²) in [5.74, 6) is 0.256. The highest BCUT2D eigenvalue weighted by atomic mass is 35.5. The predicted octanol–water partition coefficient (Wildman–Crippen LogP) is 5.29. The SMILES string of the molecule is CC(C)Oc1ccc(CNC(=O)CN(c2cc(Cl)cc(Cl)c2)S(=O)(=O)c2ccccc2)cc1. The molecule has 3 aromatic rings. The van der Waals surface area contributed by atoms with E-state index in [4.69, 9.17) is 27.9 Å². The Kier molecular flexibility index (Phi) is 8.24. The van der Waals surface area contributed by atoms with E-state index in [1.54, 1.807) is 18.2 Å². The first kappa shape index (κ1) is 24.9. The van der Waals surface area contributed by atoms with Crippen LogP contribution in [0.4, 0.5) is 5.69 Å². The number of halogens is 2. The number of nitrogens with zero attached hydrogens (tertiary/aromatic N) is 1. The maximum absolute atomic E-state index is 13.3. The van der Waals surface area contributed by atoms with E-state index in [1.165, 1.54) is 30.3 Å². The summed E-state index contributed by atoms with van der Waals surface area (Å²) in [4.78, 5) is 12.8. The van der Waals surface area contributed by atoms with Gasteiger partial charge in [0.05, 0.1) is 16.7 Å². The summed E-state index contributed by atoms with van der Waals surface area (Å²) in [6, 6.07) is 19.6. The number of benzene rings is 3. The van der Waals surface area contributed by atoms with Crippen molar-refractivity contribution in [3.8, 4) is 5.75 Å². The number of hydrogen-bond donors (Lipinski definition) is 1. The van der Waals surface area contributed by atoms with Crippen LogP contribution in [0, 0.1) is 0 Å². The molecule has 3 aromatic carbocycles. The number of rotatable bonds is 9. The summed E-state index contributed by atoms with van der Waals surface area (Å²) in [6.45, 7) is 3.67. The van der Waals surface area contributed by atoms with Crippen molar-refractivity contribution in [3.63, 3.8) is 0 Å². The van der Waals surface area contributed by atoms with E-state index < -0.39 is 22.5 Å². The minimum Gasteiger partial charge on any atom is -0.491 e. The Labute approximate surface area is 204 Å². The maximum Gasteiger partial charge on any atom is 0.264 e. The molecule has 0 aromatic heterocycles. The van der Waals surface area contributed by atoms with Crippen LogP contribution in [0.2, 0.25) is 10.0 Å². The van der Waals surface area contributed by atoms with Crippen molar-refractivity contribution in [1.82, 2.24) is 5.32 Å². The highest BCUT2D eigenvalue weighted by Gasteiger charge is 2.27. The second kappa shape index (κ2) is 10.9. The van der Waals surface area contributed by atoms with Gasteiger partial charge in [-0.15, -0.1) is 0 Å². The summed E-state index contributed by atoms with van der Waals surface area (Å²) < 4.78 is 33.3. The van der Waals surface area contributed by atoms with Gasteiger partial charge in [-0.1, -0.05) is 53.5 Å². The quantitative estimate of drug-likeness (QED) is 0.427. The standard InChI is InChI=1S/C24H24Cl2N2O4S/c1-17(2)32-22-10-8-18(9-11-22)15-27-24(29)16-28(21-13-19(25)12-20(26)14-21)33(30,31)23-6-4-3-5-7-23/h3-14,17H,15-16H2,1-2H3,(H,27,29). The van der Waals surface area contributed by atoms with Crippen LogP contribution in [-0.2, 0) is 21.4 Å². The molecular formula is C24H24Cl2N2O4S. The minimum absolute atomic E-state index is 0.0506. The Bertz CT molecular complexity index is 1180. The van der Waals surface area contributed by atoms with Crippen molar-refractivity contribution < 1.29 is 17.9 Å². The molecule has 1 amide bonds. The number of ether oxygens (including phenoxy) is 1. The van der Waals surface area contributed by atoms with Gasteiger partial charge in [0.25, 0.3) is 10.0 Å². The monoisotopic (exact) mass is 506 g/mol. The van der Waals surface area contributed by atoms with Crippen LogP contribution in [0.3, 0.4) is 0 Å². The largest absolute Gasteiger partial charge is 0.491 e. The van der Waals surface area contributed by atoms with Gasteiger partial charge in [0.15, 0.2) is 0 Å². The number of carbonyl (C=O) groups excluding carboxylic acids is 1. The van der Waals surface area contributed by atoms with Crippen LogP contribution in [-0.4, -0.2) is 27.0 Å². The molecule has 0 saturated carbocycles. The molecule has 1 N–H and O–H groups in total. The molecule has 33 heavy (non-hydrogen) atoms. The summed E-state index contributed by atoms with van der Waals surface area (Å²) in [7, 11) is -4.04. The zero-order chi connectivity index (χ0) is 24.0. The maximum atomic E-state index is 13.3. The van der Waals surface area contributed by atoms with Crippen molar-refractivity contribution in [3.05, 3.63) is 88.4 Å². The first-order chi connectivity index (χ1) is 15.6. The van der Waals surface area contributed by atoms with Crippen LogP contribution < -0.4 is 14.4 Å². The summed E-state index contributed by atoms with van der Waals surface area (Å²) in [5.41, 5.74) is 1.05. The molecule has 0 spiro atoms. The summed E-state index contributed by atoms with van der Waals surface area (Å²) in [5, 5.41) is 3.28. The van der Waals surface area contributed by atoms with Gasteiger partial charge in [0, 0.05) is 16.6 Å². The molecule has 0 aliphatic carbocycles. The van der Waals surface area contributed by atoms with Crippen molar-refractivity contribution in [2.75, 3.05) is 10.8 Å². The molecule has 0 radical (unpaired) electrons. The lowest BCUT2D eigenvalue weighted by Gasteiger charge is -2.24. The number of sulfonamides is 1. The van der Waals surface area contributed by atoms with E-state index in [-0.39, 0.29) is 33.3 Å². The number of nitrogens with one attached hydrogen (secondary N) is 1. The molecule has 0 bridgehead atoms. The van der Waals surface area contributed by atoms with E-state index >= 15 is 0 Å². The summed E-state index contributed by atoms with van der Waals surface area (Å²) >= 11 is 12.2. The second-order valence-electron chi connectivity index (χ2n) is 7.54. The van der Waals surface area contributed by atoms with Crippen LogP contribution in [0.5, 0.6) is 5.75 Å². The average molecular weight is 507 g/mol. The van der Waals surface area contributed by atoms with E-state index in [1.807, 2.05) is 38.1 Å². The number of anilines is 1. The lowest BCUT2D eigenvalue weighted by molar-refractivity contribution is -0.119.